The third kappa shape index (κ3) is 3.72. The minimum Gasteiger partial charge on any atom is -0.335 e. The Hall–Kier alpha value is -2.06. The van der Waals surface area contributed by atoms with Gasteiger partial charge in [-0.25, -0.2) is 4.79 Å². The topological polar surface area (TPSA) is 68.2 Å². The van der Waals surface area contributed by atoms with Crippen molar-refractivity contribution in [3.63, 3.8) is 0 Å². The first-order valence-corrected chi connectivity index (χ1v) is 6.86. The van der Waals surface area contributed by atoms with E-state index in [0.717, 1.165) is 19.4 Å². The number of nitrogens with zero attached hydrogens (tertiary/aromatic N) is 2. The van der Waals surface area contributed by atoms with Crippen molar-refractivity contribution in [2.45, 2.75) is 31.8 Å². The number of carbonyl (C=O) groups excluding carboxylic acids is 1. The highest BCUT2D eigenvalue weighted by Gasteiger charge is 2.23. The predicted octanol–water partition coefficient (Wildman–Crippen LogP) is 2.16. The number of likely N-dealkylation sites (tertiary alicyclic amines) is 1. The molecule has 1 heterocycles. The number of carbonyl (C=O) groups is 1. The van der Waals surface area contributed by atoms with E-state index < -0.39 is 0 Å². The normalized spacial score (nSPS) is 22.9. The van der Waals surface area contributed by atoms with E-state index in [2.05, 4.69) is 29.5 Å². The molecule has 106 valence electrons. The van der Waals surface area contributed by atoms with Crippen molar-refractivity contribution in [1.29, 1.82) is 5.26 Å². The molecule has 0 aliphatic carbocycles. The maximum Gasteiger partial charge on any atom is 0.319 e. The van der Waals surface area contributed by atoms with Crippen molar-refractivity contribution in [3.8, 4) is 6.07 Å². The molecular formula is C15H20N4O. The third-order valence-electron chi connectivity index (χ3n) is 3.82. The Morgan fingerprint density at radius 2 is 2.10 bits per heavy atom. The van der Waals surface area contributed by atoms with Crippen LogP contribution in [0.15, 0.2) is 24.3 Å². The molecule has 0 bridgehead atoms. The Balaban J connectivity index is 1.84. The molecule has 1 fully saturated rings. The van der Waals surface area contributed by atoms with Crippen LogP contribution in [0.3, 0.4) is 0 Å². The Kier molecular flexibility index (Phi) is 4.59. The molecule has 2 atom stereocenters. The van der Waals surface area contributed by atoms with Gasteiger partial charge in [0.1, 0.15) is 0 Å². The summed E-state index contributed by atoms with van der Waals surface area (Å²) in [6.45, 7) is 3.18. The molecule has 0 radical (unpaired) electrons. The van der Waals surface area contributed by atoms with Gasteiger partial charge in [-0.2, -0.15) is 5.26 Å². The minimum atomic E-state index is -0.184. The van der Waals surface area contributed by atoms with Gasteiger partial charge >= 0.3 is 6.03 Å². The van der Waals surface area contributed by atoms with Crippen molar-refractivity contribution < 1.29 is 4.79 Å². The molecule has 1 saturated heterocycles. The molecule has 0 spiro atoms. The number of hydrogen-bond donors (Lipinski definition) is 2. The SMILES string of the molecule is CC1CC(NC(=O)Nc2ccc(C#N)cc2)CCN1C. The molecule has 0 saturated carbocycles. The van der Waals surface area contributed by atoms with Crippen molar-refractivity contribution in [2.24, 2.45) is 0 Å². The van der Waals surface area contributed by atoms with Crippen molar-refractivity contribution in [3.05, 3.63) is 29.8 Å². The molecule has 1 aromatic carbocycles. The monoisotopic (exact) mass is 272 g/mol. The summed E-state index contributed by atoms with van der Waals surface area (Å²) in [4.78, 5) is 14.2. The van der Waals surface area contributed by atoms with E-state index in [0.29, 0.717) is 17.3 Å². The lowest BCUT2D eigenvalue weighted by Gasteiger charge is -2.35. The maximum absolute atomic E-state index is 11.9. The summed E-state index contributed by atoms with van der Waals surface area (Å²) < 4.78 is 0. The van der Waals surface area contributed by atoms with Gasteiger partial charge in [0.25, 0.3) is 0 Å². The first-order chi connectivity index (χ1) is 9.58. The Labute approximate surface area is 119 Å². The minimum absolute atomic E-state index is 0.184. The van der Waals surface area contributed by atoms with Crippen molar-refractivity contribution >= 4 is 11.7 Å². The zero-order valence-electron chi connectivity index (χ0n) is 11.9. The van der Waals surface area contributed by atoms with E-state index in [4.69, 9.17) is 5.26 Å². The average Bonchev–Trinajstić information content (AvgIpc) is 2.44. The molecule has 20 heavy (non-hydrogen) atoms. The van der Waals surface area contributed by atoms with Gasteiger partial charge in [-0.15, -0.1) is 0 Å². The molecule has 1 aliphatic rings. The number of piperidine rings is 1. The second-order valence-electron chi connectivity index (χ2n) is 5.34. The first kappa shape index (κ1) is 14.4. The Bertz CT molecular complexity index is 506. The van der Waals surface area contributed by atoms with Gasteiger partial charge < -0.3 is 15.5 Å². The van der Waals surface area contributed by atoms with Gasteiger partial charge in [0, 0.05) is 24.3 Å². The standard InChI is InChI=1S/C15H20N4O/c1-11-9-14(7-8-19(11)2)18-15(20)17-13-5-3-12(10-16)4-6-13/h3-6,11,14H,7-9H2,1-2H3,(H2,17,18,20). The zero-order valence-corrected chi connectivity index (χ0v) is 11.9. The van der Waals surface area contributed by atoms with Crippen LogP contribution in [-0.4, -0.2) is 36.6 Å². The van der Waals surface area contributed by atoms with Gasteiger partial charge in [0.05, 0.1) is 11.6 Å². The molecule has 5 nitrogen and oxygen atoms in total. The quantitative estimate of drug-likeness (QED) is 0.867. The maximum atomic E-state index is 11.9. The number of benzene rings is 1. The van der Waals surface area contributed by atoms with E-state index in [1.165, 1.54) is 0 Å². The number of urea groups is 1. The molecule has 2 rings (SSSR count). The lowest BCUT2D eigenvalue weighted by atomic mass is 9.99. The summed E-state index contributed by atoms with van der Waals surface area (Å²) in [6, 6.07) is 9.42. The van der Waals surface area contributed by atoms with E-state index in [1.807, 2.05) is 6.07 Å². The summed E-state index contributed by atoms with van der Waals surface area (Å²) in [5.74, 6) is 0. The molecule has 1 aromatic rings. The van der Waals surface area contributed by atoms with E-state index in [-0.39, 0.29) is 12.1 Å². The largest absolute Gasteiger partial charge is 0.335 e. The highest BCUT2D eigenvalue weighted by molar-refractivity contribution is 5.89. The number of rotatable bonds is 2. The van der Waals surface area contributed by atoms with Gasteiger partial charge in [-0.1, -0.05) is 0 Å². The van der Waals surface area contributed by atoms with Crippen LogP contribution >= 0.6 is 0 Å². The molecule has 1 aliphatic heterocycles. The summed E-state index contributed by atoms with van der Waals surface area (Å²) in [5.41, 5.74) is 1.28. The second-order valence-corrected chi connectivity index (χ2v) is 5.34. The van der Waals surface area contributed by atoms with Crippen LogP contribution in [0.5, 0.6) is 0 Å². The van der Waals surface area contributed by atoms with Gasteiger partial charge in [0.2, 0.25) is 0 Å². The highest BCUT2D eigenvalue weighted by Crippen LogP contribution is 2.15. The van der Waals surface area contributed by atoms with Gasteiger partial charge in [-0.3, -0.25) is 0 Å². The van der Waals surface area contributed by atoms with Crippen molar-refractivity contribution in [2.75, 3.05) is 18.9 Å². The first-order valence-electron chi connectivity index (χ1n) is 6.86. The van der Waals surface area contributed by atoms with Crippen LogP contribution in [-0.2, 0) is 0 Å². The lowest BCUT2D eigenvalue weighted by molar-refractivity contribution is 0.170. The fourth-order valence-electron chi connectivity index (χ4n) is 2.40. The number of anilines is 1. The van der Waals surface area contributed by atoms with Crippen LogP contribution in [0.1, 0.15) is 25.3 Å². The van der Waals surface area contributed by atoms with Gasteiger partial charge in [-0.05, 0) is 51.1 Å². The van der Waals surface area contributed by atoms with Crippen LogP contribution in [0, 0.1) is 11.3 Å². The lowest BCUT2D eigenvalue weighted by Crippen LogP contribution is -2.48. The number of amides is 2. The summed E-state index contributed by atoms with van der Waals surface area (Å²) in [5, 5.41) is 14.5. The Morgan fingerprint density at radius 3 is 2.70 bits per heavy atom. The number of nitriles is 1. The smallest absolute Gasteiger partial charge is 0.319 e. The number of nitrogens with one attached hydrogen (secondary N) is 2. The van der Waals surface area contributed by atoms with Gasteiger partial charge in [0.15, 0.2) is 0 Å². The Morgan fingerprint density at radius 1 is 1.40 bits per heavy atom. The van der Waals surface area contributed by atoms with Crippen LogP contribution < -0.4 is 10.6 Å². The fraction of sp³-hybridized carbons (Fsp3) is 0.467. The van der Waals surface area contributed by atoms with Crippen LogP contribution in [0.2, 0.25) is 0 Å². The summed E-state index contributed by atoms with van der Waals surface area (Å²) in [7, 11) is 2.11. The highest BCUT2D eigenvalue weighted by atomic mass is 16.2. The van der Waals surface area contributed by atoms with Crippen molar-refractivity contribution in [1.82, 2.24) is 10.2 Å². The van der Waals surface area contributed by atoms with E-state index >= 15 is 0 Å². The third-order valence-corrected chi connectivity index (χ3v) is 3.82. The molecule has 5 heteroatoms. The molecular weight excluding hydrogens is 252 g/mol. The summed E-state index contributed by atoms with van der Waals surface area (Å²) >= 11 is 0. The predicted molar refractivity (Wildman–Crippen MR) is 78.4 cm³/mol. The molecule has 0 aromatic heterocycles. The molecule has 2 amide bonds. The molecule has 2 unspecified atom stereocenters. The fourth-order valence-corrected chi connectivity index (χ4v) is 2.40. The number of hydrogen-bond acceptors (Lipinski definition) is 3. The zero-order chi connectivity index (χ0) is 14.5. The van der Waals surface area contributed by atoms with E-state index in [1.54, 1.807) is 24.3 Å². The van der Waals surface area contributed by atoms with Crippen LogP contribution in [0.4, 0.5) is 10.5 Å². The summed E-state index contributed by atoms with van der Waals surface area (Å²) in [6.07, 6.45) is 1.94. The van der Waals surface area contributed by atoms with E-state index in [9.17, 15) is 4.79 Å². The molecule has 2 N–H and O–H groups in total. The second kappa shape index (κ2) is 6.40. The van der Waals surface area contributed by atoms with Crippen LogP contribution in [0.25, 0.3) is 0 Å². The average molecular weight is 272 g/mol.